The summed E-state index contributed by atoms with van der Waals surface area (Å²) < 4.78 is 27.9. The third-order valence-corrected chi connectivity index (χ3v) is 5.88. The third kappa shape index (κ3) is 3.69. The number of carboxylic acid groups (broad SMARTS) is 2. The third-order valence-electron chi connectivity index (χ3n) is 5.88. The van der Waals surface area contributed by atoms with Crippen LogP contribution in [-0.2, 0) is 9.59 Å². The first-order valence-corrected chi connectivity index (χ1v) is 8.56. The highest BCUT2D eigenvalue weighted by atomic mass is 19.3. The van der Waals surface area contributed by atoms with Gasteiger partial charge in [-0.25, -0.2) is 8.78 Å². The van der Waals surface area contributed by atoms with E-state index in [4.69, 9.17) is 5.11 Å². The fourth-order valence-electron chi connectivity index (χ4n) is 4.64. The molecular weight excluding hydrogens is 322 g/mol. The Hall–Kier alpha value is -1.28. The van der Waals surface area contributed by atoms with Crippen LogP contribution in [0, 0.1) is 17.8 Å². The molecule has 0 aromatic carbocycles. The number of hydrogen-bond acceptors (Lipinski definition) is 4. The lowest BCUT2D eigenvalue weighted by Crippen LogP contribution is -2.56. The molecule has 1 saturated carbocycles. The number of hydrogen-bond donors (Lipinski definition) is 3. The van der Waals surface area contributed by atoms with Gasteiger partial charge in [0.1, 0.15) is 6.04 Å². The van der Waals surface area contributed by atoms with Gasteiger partial charge in [-0.1, -0.05) is 0 Å². The lowest BCUT2D eigenvalue weighted by Gasteiger charge is -2.47. The highest BCUT2D eigenvalue weighted by Crippen LogP contribution is 2.40. The van der Waals surface area contributed by atoms with E-state index in [9.17, 15) is 23.5 Å². The van der Waals surface area contributed by atoms with Gasteiger partial charge in [-0.3, -0.25) is 14.5 Å². The minimum atomic E-state index is -2.98. The number of nitrogens with one attached hydrogen (secondary N) is 1. The summed E-state index contributed by atoms with van der Waals surface area (Å²) in [6.45, 7) is 0.426. The molecule has 0 radical (unpaired) electrons. The van der Waals surface area contributed by atoms with Crippen LogP contribution in [0.15, 0.2) is 0 Å². The number of alkyl halides is 2. The van der Waals surface area contributed by atoms with Gasteiger partial charge < -0.3 is 15.5 Å². The van der Waals surface area contributed by atoms with Gasteiger partial charge in [-0.2, -0.15) is 0 Å². The molecule has 4 unspecified atom stereocenters. The van der Waals surface area contributed by atoms with Crippen molar-refractivity contribution >= 4 is 11.9 Å². The minimum absolute atomic E-state index is 0.0770. The number of carbonyl (C=O) groups is 2. The Morgan fingerprint density at radius 1 is 1.08 bits per heavy atom. The molecule has 24 heavy (non-hydrogen) atoms. The van der Waals surface area contributed by atoms with Crippen LogP contribution in [0.2, 0.25) is 0 Å². The van der Waals surface area contributed by atoms with Gasteiger partial charge in [0.05, 0.1) is 12.5 Å². The zero-order chi connectivity index (χ0) is 17.5. The quantitative estimate of drug-likeness (QED) is 0.713. The van der Waals surface area contributed by atoms with Gasteiger partial charge in [-0.05, 0) is 44.1 Å². The van der Waals surface area contributed by atoms with Gasteiger partial charge >= 0.3 is 11.9 Å². The molecule has 3 rings (SSSR count). The van der Waals surface area contributed by atoms with E-state index in [1.54, 1.807) is 4.90 Å². The van der Waals surface area contributed by atoms with Crippen molar-refractivity contribution in [1.82, 2.24) is 10.2 Å². The number of piperidine rings is 2. The first-order valence-electron chi connectivity index (χ1n) is 8.56. The summed E-state index contributed by atoms with van der Waals surface area (Å²) in [6, 6.07) is -0.647. The highest BCUT2D eigenvalue weighted by molar-refractivity contribution is 5.73. The molecule has 136 valence electrons. The summed E-state index contributed by atoms with van der Waals surface area (Å²) in [5.74, 6) is -5.46. The minimum Gasteiger partial charge on any atom is -0.481 e. The molecule has 0 aromatic rings. The fourth-order valence-corrected chi connectivity index (χ4v) is 4.64. The topological polar surface area (TPSA) is 89.9 Å². The monoisotopic (exact) mass is 346 g/mol. The second-order valence-corrected chi connectivity index (χ2v) is 7.55. The Kier molecular flexibility index (Phi) is 4.79. The van der Waals surface area contributed by atoms with Gasteiger partial charge in [0.25, 0.3) is 5.92 Å². The lowest BCUT2D eigenvalue weighted by atomic mass is 9.71. The maximum atomic E-state index is 13.9. The molecule has 8 heteroatoms. The zero-order valence-corrected chi connectivity index (χ0v) is 13.5. The number of rotatable bonds is 3. The number of likely N-dealkylation sites (tertiary alicyclic amines) is 1. The summed E-state index contributed by atoms with van der Waals surface area (Å²) in [6.07, 6.45) is 2.24. The molecule has 2 saturated heterocycles. The molecule has 0 bridgehead atoms. The van der Waals surface area contributed by atoms with Crippen molar-refractivity contribution in [3.8, 4) is 0 Å². The Bertz CT molecular complexity index is 516. The maximum Gasteiger partial charge on any atom is 0.320 e. The van der Waals surface area contributed by atoms with Crippen LogP contribution in [-0.4, -0.2) is 64.7 Å². The molecule has 2 aliphatic heterocycles. The molecule has 2 heterocycles. The summed E-state index contributed by atoms with van der Waals surface area (Å²) in [7, 11) is 0. The van der Waals surface area contributed by atoms with Gasteiger partial charge in [0.2, 0.25) is 0 Å². The lowest BCUT2D eigenvalue weighted by molar-refractivity contribution is -0.156. The van der Waals surface area contributed by atoms with Gasteiger partial charge in [0.15, 0.2) is 0 Å². The predicted octanol–water partition coefficient (Wildman–Crippen LogP) is 1.26. The van der Waals surface area contributed by atoms with Crippen LogP contribution in [0.1, 0.15) is 32.1 Å². The fraction of sp³-hybridized carbons (Fsp3) is 0.875. The van der Waals surface area contributed by atoms with Crippen molar-refractivity contribution < 1.29 is 28.6 Å². The van der Waals surface area contributed by atoms with Crippen LogP contribution < -0.4 is 5.32 Å². The number of halogens is 2. The molecule has 5 atom stereocenters. The van der Waals surface area contributed by atoms with E-state index in [-0.39, 0.29) is 25.0 Å². The Morgan fingerprint density at radius 2 is 1.83 bits per heavy atom. The van der Waals surface area contributed by atoms with E-state index in [1.165, 1.54) is 0 Å². The molecule has 0 amide bonds. The van der Waals surface area contributed by atoms with Crippen molar-refractivity contribution in [2.45, 2.75) is 50.1 Å². The molecule has 0 spiro atoms. The van der Waals surface area contributed by atoms with Crippen molar-refractivity contribution in [3.05, 3.63) is 0 Å². The summed E-state index contributed by atoms with van der Waals surface area (Å²) in [5, 5.41) is 21.3. The molecule has 3 fully saturated rings. The molecule has 1 aliphatic carbocycles. The molecule has 3 aliphatic rings. The summed E-state index contributed by atoms with van der Waals surface area (Å²) in [5.41, 5.74) is 0. The molecule has 6 nitrogen and oxygen atoms in total. The van der Waals surface area contributed by atoms with Crippen molar-refractivity contribution in [3.63, 3.8) is 0 Å². The highest BCUT2D eigenvalue weighted by Gasteiger charge is 2.47. The van der Waals surface area contributed by atoms with E-state index in [1.807, 2.05) is 0 Å². The van der Waals surface area contributed by atoms with Crippen molar-refractivity contribution in [2.24, 2.45) is 17.8 Å². The number of fused-ring (bicyclic) bond motifs is 1. The first-order chi connectivity index (χ1) is 11.2. The molecule has 0 aromatic heterocycles. The second kappa shape index (κ2) is 6.55. The van der Waals surface area contributed by atoms with E-state index >= 15 is 0 Å². The Morgan fingerprint density at radius 3 is 2.50 bits per heavy atom. The Labute approximate surface area is 139 Å². The molecule has 3 N–H and O–H groups in total. The standard InChI is InChI=1S/C16H24F2N2O4/c17-16(18)5-11(14(21)22)7-20(8-16)12-2-1-9-6-19-13(15(23)24)4-10(9)3-12/h9-13,19H,1-8H2,(H,21,22)(H,23,24)/t9?,10?,11-,12?,13?/m0/s1. The predicted molar refractivity (Wildman–Crippen MR) is 80.9 cm³/mol. The number of nitrogens with zero attached hydrogens (tertiary/aromatic N) is 1. The van der Waals surface area contributed by atoms with Crippen molar-refractivity contribution in [2.75, 3.05) is 19.6 Å². The van der Waals surface area contributed by atoms with Crippen LogP contribution in [0.4, 0.5) is 8.78 Å². The average molecular weight is 346 g/mol. The smallest absolute Gasteiger partial charge is 0.320 e. The maximum absolute atomic E-state index is 13.9. The van der Waals surface area contributed by atoms with Crippen LogP contribution >= 0.6 is 0 Å². The van der Waals surface area contributed by atoms with E-state index in [0.29, 0.717) is 25.3 Å². The van der Waals surface area contributed by atoms with Crippen LogP contribution in [0.25, 0.3) is 0 Å². The van der Waals surface area contributed by atoms with Crippen LogP contribution in [0.5, 0.6) is 0 Å². The summed E-state index contributed by atoms with van der Waals surface area (Å²) >= 11 is 0. The number of aliphatic carboxylic acids is 2. The van der Waals surface area contributed by atoms with Gasteiger partial charge in [-0.15, -0.1) is 0 Å². The normalized spacial score (nSPS) is 39.8. The zero-order valence-electron chi connectivity index (χ0n) is 13.5. The first kappa shape index (κ1) is 17.5. The summed E-state index contributed by atoms with van der Waals surface area (Å²) in [4.78, 5) is 24.0. The number of carboxylic acids is 2. The second-order valence-electron chi connectivity index (χ2n) is 7.55. The van der Waals surface area contributed by atoms with E-state index in [2.05, 4.69) is 5.32 Å². The van der Waals surface area contributed by atoms with E-state index < -0.39 is 36.2 Å². The average Bonchev–Trinajstić information content (AvgIpc) is 2.52. The van der Waals surface area contributed by atoms with Crippen LogP contribution in [0.3, 0.4) is 0 Å². The largest absolute Gasteiger partial charge is 0.481 e. The molecular formula is C16H24F2N2O4. The SMILES string of the molecule is O=C(O)C1CC2CC(N3C[C@@H](C(=O)O)CC(F)(F)C3)CCC2CN1. The van der Waals surface area contributed by atoms with Gasteiger partial charge in [0, 0.05) is 19.0 Å². The Balaban J connectivity index is 1.66. The van der Waals surface area contributed by atoms with E-state index in [0.717, 1.165) is 12.8 Å². The van der Waals surface area contributed by atoms with Crippen molar-refractivity contribution in [1.29, 1.82) is 0 Å².